The third kappa shape index (κ3) is 5.73. The van der Waals surface area contributed by atoms with Crippen LogP contribution in [0.3, 0.4) is 0 Å². The van der Waals surface area contributed by atoms with Gasteiger partial charge in [-0.3, -0.25) is 9.36 Å². The lowest BCUT2D eigenvalue weighted by molar-refractivity contribution is -0.113. The van der Waals surface area contributed by atoms with Gasteiger partial charge in [0.05, 0.1) is 10.6 Å². The van der Waals surface area contributed by atoms with Crippen LogP contribution < -0.4 is 5.32 Å². The SMILES string of the molecule is CCc1ccc(NC(=O)CSc2nnc(CS(=O)(=O)c3ccccc3)n2-c2ccccc2)cc1. The van der Waals surface area contributed by atoms with Crippen LogP contribution in [0.4, 0.5) is 5.69 Å². The Kier molecular flexibility index (Phi) is 7.44. The molecule has 1 heterocycles. The second kappa shape index (κ2) is 10.7. The first kappa shape index (κ1) is 23.7. The molecule has 0 atom stereocenters. The van der Waals surface area contributed by atoms with Gasteiger partial charge in [0.1, 0.15) is 5.75 Å². The first-order chi connectivity index (χ1) is 16.5. The van der Waals surface area contributed by atoms with Crippen molar-refractivity contribution in [2.75, 3.05) is 11.1 Å². The number of anilines is 1. The molecule has 0 saturated carbocycles. The lowest BCUT2D eigenvalue weighted by Crippen LogP contribution is -2.15. The summed E-state index contributed by atoms with van der Waals surface area (Å²) in [4.78, 5) is 12.7. The maximum Gasteiger partial charge on any atom is 0.234 e. The van der Waals surface area contributed by atoms with E-state index in [-0.39, 0.29) is 28.1 Å². The summed E-state index contributed by atoms with van der Waals surface area (Å²) in [5.74, 6) is -0.107. The summed E-state index contributed by atoms with van der Waals surface area (Å²) in [6, 6.07) is 25.2. The summed E-state index contributed by atoms with van der Waals surface area (Å²) in [6.07, 6.45) is 0.932. The zero-order valence-corrected chi connectivity index (χ0v) is 20.2. The minimum absolute atomic E-state index is 0.103. The Hall–Kier alpha value is -3.43. The van der Waals surface area contributed by atoms with Crippen molar-refractivity contribution in [2.45, 2.75) is 29.1 Å². The second-order valence-electron chi connectivity index (χ2n) is 7.53. The number of carbonyl (C=O) groups excluding carboxylic acids is 1. The van der Waals surface area contributed by atoms with Crippen LogP contribution >= 0.6 is 11.8 Å². The van der Waals surface area contributed by atoms with Gasteiger partial charge < -0.3 is 5.32 Å². The molecule has 7 nitrogen and oxygen atoms in total. The maximum absolute atomic E-state index is 13.0. The molecule has 1 aromatic heterocycles. The van der Waals surface area contributed by atoms with Crippen molar-refractivity contribution in [2.24, 2.45) is 0 Å². The van der Waals surface area contributed by atoms with Crippen molar-refractivity contribution < 1.29 is 13.2 Å². The first-order valence-electron chi connectivity index (χ1n) is 10.8. The van der Waals surface area contributed by atoms with Gasteiger partial charge in [-0.1, -0.05) is 67.2 Å². The highest BCUT2D eigenvalue weighted by atomic mass is 32.2. The number of para-hydroxylation sites is 1. The molecule has 4 aromatic rings. The highest BCUT2D eigenvalue weighted by Gasteiger charge is 2.23. The molecular weight excluding hydrogens is 468 g/mol. The average molecular weight is 493 g/mol. The Balaban J connectivity index is 1.54. The minimum Gasteiger partial charge on any atom is -0.325 e. The number of rotatable bonds is 9. The normalized spacial score (nSPS) is 11.3. The van der Waals surface area contributed by atoms with Crippen LogP contribution in [0.1, 0.15) is 18.3 Å². The van der Waals surface area contributed by atoms with Gasteiger partial charge in [-0.25, -0.2) is 8.42 Å². The summed E-state index contributed by atoms with van der Waals surface area (Å²) in [5.41, 5.74) is 2.65. The standard InChI is InChI=1S/C25H24N4O3S2/c1-2-19-13-15-20(16-14-19)26-24(30)17-33-25-28-27-23(29(25)21-9-5-3-6-10-21)18-34(31,32)22-11-7-4-8-12-22/h3-16H,2,17-18H2,1H3,(H,26,30). The molecule has 0 bridgehead atoms. The summed E-state index contributed by atoms with van der Waals surface area (Å²) in [5, 5.41) is 11.7. The van der Waals surface area contributed by atoms with E-state index in [1.165, 1.54) is 17.3 Å². The van der Waals surface area contributed by atoms with Crippen molar-refractivity contribution in [1.82, 2.24) is 14.8 Å². The fourth-order valence-electron chi connectivity index (χ4n) is 3.36. The Morgan fingerprint density at radius 3 is 2.21 bits per heavy atom. The van der Waals surface area contributed by atoms with E-state index in [2.05, 4.69) is 22.4 Å². The number of hydrogen-bond donors (Lipinski definition) is 1. The highest BCUT2D eigenvalue weighted by molar-refractivity contribution is 7.99. The van der Waals surface area contributed by atoms with Gasteiger partial charge in [-0.05, 0) is 48.4 Å². The van der Waals surface area contributed by atoms with Gasteiger partial charge in [0.25, 0.3) is 0 Å². The van der Waals surface area contributed by atoms with Crippen molar-refractivity contribution in [1.29, 1.82) is 0 Å². The molecule has 3 aromatic carbocycles. The van der Waals surface area contributed by atoms with Crippen molar-refractivity contribution in [3.05, 3.63) is 96.3 Å². The number of benzene rings is 3. The zero-order valence-electron chi connectivity index (χ0n) is 18.6. The number of sulfone groups is 1. The molecule has 0 aliphatic carbocycles. The Morgan fingerprint density at radius 2 is 1.56 bits per heavy atom. The number of nitrogens with one attached hydrogen (secondary N) is 1. The monoisotopic (exact) mass is 492 g/mol. The molecule has 0 radical (unpaired) electrons. The summed E-state index contributed by atoms with van der Waals surface area (Å²) >= 11 is 1.20. The predicted octanol–water partition coefficient (Wildman–Crippen LogP) is 4.53. The van der Waals surface area contributed by atoms with Gasteiger partial charge in [0.2, 0.25) is 5.91 Å². The molecule has 0 spiro atoms. The van der Waals surface area contributed by atoms with Crippen molar-refractivity contribution in [3.8, 4) is 5.69 Å². The number of aryl methyl sites for hydroxylation is 1. The third-order valence-electron chi connectivity index (χ3n) is 5.11. The lowest BCUT2D eigenvalue weighted by atomic mass is 10.1. The molecule has 34 heavy (non-hydrogen) atoms. The van der Waals surface area contributed by atoms with Crippen LogP contribution in [-0.4, -0.2) is 34.8 Å². The van der Waals surface area contributed by atoms with Crippen LogP contribution in [0.15, 0.2) is 95.0 Å². The van der Waals surface area contributed by atoms with E-state index in [1.807, 2.05) is 54.6 Å². The van der Waals surface area contributed by atoms with Crippen LogP contribution in [0, 0.1) is 0 Å². The van der Waals surface area contributed by atoms with Gasteiger partial charge >= 0.3 is 0 Å². The van der Waals surface area contributed by atoms with Crippen LogP contribution in [0.2, 0.25) is 0 Å². The predicted molar refractivity (Wildman–Crippen MR) is 134 cm³/mol. The Morgan fingerprint density at radius 1 is 0.912 bits per heavy atom. The molecule has 9 heteroatoms. The summed E-state index contributed by atoms with van der Waals surface area (Å²) < 4.78 is 27.6. The summed E-state index contributed by atoms with van der Waals surface area (Å²) in [6.45, 7) is 2.08. The molecule has 4 rings (SSSR count). The van der Waals surface area contributed by atoms with E-state index in [0.29, 0.717) is 5.16 Å². The van der Waals surface area contributed by atoms with E-state index in [4.69, 9.17) is 0 Å². The minimum atomic E-state index is -3.62. The number of aromatic nitrogens is 3. The molecule has 0 aliphatic rings. The van der Waals surface area contributed by atoms with E-state index < -0.39 is 9.84 Å². The fourth-order valence-corrected chi connectivity index (χ4v) is 5.39. The third-order valence-corrected chi connectivity index (χ3v) is 7.67. The first-order valence-corrected chi connectivity index (χ1v) is 13.4. The number of carbonyl (C=O) groups is 1. The number of thioether (sulfide) groups is 1. The molecular formula is C25H24N4O3S2. The van der Waals surface area contributed by atoms with E-state index >= 15 is 0 Å². The molecule has 0 aliphatic heterocycles. The Labute approximate surface area is 203 Å². The topological polar surface area (TPSA) is 94.0 Å². The maximum atomic E-state index is 13.0. The highest BCUT2D eigenvalue weighted by Crippen LogP contribution is 2.25. The van der Waals surface area contributed by atoms with Gasteiger partial charge in [-0.15, -0.1) is 10.2 Å². The van der Waals surface area contributed by atoms with E-state index in [1.54, 1.807) is 34.9 Å². The Bertz CT molecular complexity index is 1350. The zero-order chi connectivity index (χ0) is 24.0. The van der Waals surface area contributed by atoms with Crippen LogP contribution in [0.5, 0.6) is 0 Å². The van der Waals surface area contributed by atoms with Crippen LogP contribution in [0.25, 0.3) is 5.69 Å². The number of amides is 1. The smallest absolute Gasteiger partial charge is 0.234 e. The summed E-state index contributed by atoms with van der Waals surface area (Å²) in [7, 11) is -3.62. The number of hydrogen-bond acceptors (Lipinski definition) is 6. The average Bonchev–Trinajstić information content (AvgIpc) is 3.26. The van der Waals surface area contributed by atoms with Crippen molar-refractivity contribution in [3.63, 3.8) is 0 Å². The van der Waals surface area contributed by atoms with Gasteiger partial charge in [0, 0.05) is 11.4 Å². The molecule has 174 valence electrons. The quantitative estimate of drug-likeness (QED) is 0.345. The van der Waals surface area contributed by atoms with Crippen LogP contribution in [-0.2, 0) is 26.8 Å². The number of nitrogens with zero attached hydrogens (tertiary/aromatic N) is 3. The molecule has 1 amide bonds. The fraction of sp³-hybridized carbons (Fsp3) is 0.160. The van der Waals surface area contributed by atoms with E-state index in [0.717, 1.165) is 17.8 Å². The van der Waals surface area contributed by atoms with Crippen molar-refractivity contribution >= 4 is 33.2 Å². The second-order valence-corrected chi connectivity index (χ2v) is 10.5. The molecule has 1 N–H and O–H groups in total. The van der Waals surface area contributed by atoms with E-state index in [9.17, 15) is 13.2 Å². The van der Waals surface area contributed by atoms with Gasteiger partial charge in [-0.2, -0.15) is 0 Å². The lowest BCUT2D eigenvalue weighted by Gasteiger charge is -2.11. The molecule has 0 fully saturated rings. The van der Waals surface area contributed by atoms with Gasteiger partial charge in [0.15, 0.2) is 20.8 Å². The largest absolute Gasteiger partial charge is 0.325 e. The molecule has 0 unspecified atom stereocenters. The molecule has 0 saturated heterocycles.